The van der Waals surface area contributed by atoms with Crippen molar-refractivity contribution in [2.24, 2.45) is 0 Å². The lowest BCUT2D eigenvalue weighted by Crippen LogP contribution is -2.37. The number of rotatable bonds is 22. The van der Waals surface area contributed by atoms with Crippen LogP contribution in [0, 0.1) is 0 Å². The smallest absolute Gasteiger partial charge is 0.306 e. The molecular formula is C23H48NO7P. The Balaban J connectivity index is 4.29. The number of quaternary nitrogens is 1. The van der Waals surface area contributed by atoms with Crippen LogP contribution in [0.1, 0.15) is 84.5 Å². The zero-order valence-electron chi connectivity index (χ0n) is 21.1. The fourth-order valence-corrected chi connectivity index (χ4v) is 3.60. The molecule has 0 bridgehead atoms. The second kappa shape index (κ2) is 18.9. The second-order valence-electron chi connectivity index (χ2n) is 9.36. The van der Waals surface area contributed by atoms with Crippen molar-refractivity contribution < 1.29 is 37.3 Å². The van der Waals surface area contributed by atoms with E-state index >= 15 is 0 Å². The van der Waals surface area contributed by atoms with E-state index in [1.807, 2.05) is 28.1 Å². The van der Waals surface area contributed by atoms with Crippen LogP contribution < -0.4 is 4.89 Å². The Labute approximate surface area is 196 Å². The summed E-state index contributed by atoms with van der Waals surface area (Å²) in [6.45, 7) is 5.10. The third kappa shape index (κ3) is 21.4. The van der Waals surface area contributed by atoms with Crippen molar-refractivity contribution >= 4 is 13.8 Å². The van der Waals surface area contributed by atoms with Gasteiger partial charge in [0, 0.05) is 13.0 Å². The molecular weight excluding hydrogens is 433 g/mol. The summed E-state index contributed by atoms with van der Waals surface area (Å²) in [5.41, 5.74) is 0. The van der Waals surface area contributed by atoms with E-state index in [-0.39, 0.29) is 25.8 Å². The molecule has 0 heterocycles. The van der Waals surface area contributed by atoms with Crippen LogP contribution >= 0.6 is 7.82 Å². The Kier molecular flexibility index (Phi) is 18.6. The van der Waals surface area contributed by atoms with Crippen LogP contribution in [0.25, 0.3) is 0 Å². The predicted molar refractivity (Wildman–Crippen MR) is 125 cm³/mol. The zero-order valence-corrected chi connectivity index (χ0v) is 22.0. The number of phosphoric ester groups is 1. The number of hydrogen-bond acceptors (Lipinski definition) is 7. The van der Waals surface area contributed by atoms with Crippen molar-refractivity contribution in [1.29, 1.82) is 0 Å². The normalized spacial score (nSPS) is 14.8. The molecule has 0 saturated heterocycles. The number of hydrogen-bond donors (Lipinski definition) is 0. The summed E-state index contributed by atoms with van der Waals surface area (Å²) in [5, 5.41) is 0. The van der Waals surface area contributed by atoms with E-state index in [1.54, 1.807) is 0 Å². The quantitative estimate of drug-likeness (QED) is 0.0975. The number of carbonyl (C=O) groups is 1. The maximum absolute atomic E-state index is 12.0. The number of unbranched alkanes of at least 4 members (excludes halogenated alkanes) is 8. The van der Waals surface area contributed by atoms with Gasteiger partial charge in [-0.1, -0.05) is 65.2 Å². The first-order valence-electron chi connectivity index (χ1n) is 12.3. The van der Waals surface area contributed by atoms with Gasteiger partial charge in [-0.15, -0.1) is 0 Å². The molecule has 0 radical (unpaired) electrons. The molecule has 0 N–H and O–H groups in total. The molecule has 0 saturated carbocycles. The van der Waals surface area contributed by atoms with Crippen molar-refractivity contribution in [3.8, 4) is 0 Å². The molecule has 0 amide bonds. The number of ether oxygens (including phenoxy) is 2. The van der Waals surface area contributed by atoms with Gasteiger partial charge in [-0.25, -0.2) is 0 Å². The molecule has 0 fully saturated rings. The summed E-state index contributed by atoms with van der Waals surface area (Å²) in [7, 11) is 1.35. The average molecular weight is 482 g/mol. The Morgan fingerprint density at radius 2 is 1.44 bits per heavy atom. The molecule has 9 heteroatoms. The van der Waals surface area contributed by atoms with E-state index in [0.29, 0.717) is 24.1 Å². The minimum atomic E-state index is -4.47. The lowest BCUT2D eigenvalue weighted by atomic mass is 10.1. The van der Waals surface area contributed by atoms with Crippen LogP contribution in [0.3, 0.4) is 0 Å². The van der Waals surface area contributed by atoms with Crippen LogP contribution in [-0.4, -0.2) is 70.7 Å². The maximum atomic E-state index is 12.0. The fraction of sp³-hybridized carbons (Fsp3) is 0.957. The molecule has 0 aliphatic rings. The van der Waals surface area contributed by atoms with E-state index in [1.165, 1.54) is 38.5 Å². The van der Waals surface area contributed by atoms with E-state index in [9.17, 15) is 14.3 Å². The molecule has 0 aromatic rings. The second-order valence-corrected chi connectivity index (χ2v) is 10.8. The average Bonchev–Trinajstić information content (AvgIpc) is 2.70. The van der Waals surface area contributed by atoms with Gasteiger partial charge in [0.05, 0.1) is 34.4 Å². The summed E-state index contributed by atoms with van der Waals surface area (Å²) in [6, 6.07) is 0. The Morgan fingerprint density at radius 1 is 0.844 bits per heavy atom. The summed E-state index contributed by atoms with van der Waals surface area (Å²) in [4.78, 5) is 24.0. The zero-order chi connectivity index (χ0) is 24.3. The standard InChI is InChI=1S/C23H48NO7P/c1-6-8-10-11-12-13-14-15-18-28-20-22(31-23(25)16-9-7-2)21-30-32(26,27)29-19-17-24(3,4)5/h22H,6-21H2,1-5H3. The first-order valence-corrected chi connectivity index (χ1v) is 13.7. The van der Waals surface area contributed by atoms with Crippen LogP contribution in [0.5, 0.6) is 0 Å². The van der Waals surface area contributed by atoms with Gasteiger partial charge in [0.25, 0.3) is 7.82 Å². The Hall–Kier alpha value is -0.500. The van der Waals surface area contributed by atoms with Crippen LogP contribution in [0.15, 0.2) is 0 Å². The highest BCUT2D eigenvalue weighted by Gasteiger charge is 2.20. The molecule has 32 heavy (non-hydrogen) atoms. The molecule has 0 aromatic carbocycles. The van der Waals surface area contributed by atoms with Gasteiger partial charge in [-0.05, 0) is 12.8 Å². The van der Waals surface area contributed by atoms with Gasteiger partial charge >= 0.3 is 5.97 Å². The fourth-order valence-electron chi connectivity index (χ4n) is 2.87. The molecule has 0 rings (SSSR count). The van der Waals surface area contributed by atoms with Crippen molar-refractivity contribution in [2.45, 2.75) is 90.6 Å². The molecule has 2 atom stereocenters. The highest BCUT2D eigenvalue weighted by molar-refractivity contribution is 7.45. The SMILES string of the molecule is CCCCCCCCCCOCC(COP(=O)([O-])OCC[N+](C)(C)C)OC(=O)CCCC. The summed E-state index contributed by atoms with van der Waals surface area (Å²) in [6.07, 6.45) is 10.7. The monoisotopic (exact) mass is 481 g/mol. The molecule has 0 aliphatic heterocycles. The highest BCUT2D eigenvalue weighted by Crippen LogP contribution is 2.38. The van der Waals surface area contributed by atoms with Crippen molar-refractivity contribution in [3.05, 3.63) is 0 Å². The first kappa shape index (κ1) is 31.5. The molecule has 8 nitrogen and oxygen atoms in total. The first-order chi connectivity index (χ1) is 15.1. The number of carbonyl (C=O) groups excluding carboxylic acids is 1. The Morgan fingerprint density at radius 3 is 2.03 bits per heavy atom. The van der Waals surface area contributed by atoms with Crippen LogP contribution in [-0.2, 0) is 27.9 Å². The van der Waals surface area contributed by atoms with Gasteiger partial charge in [-0.2, -0.15) is 0 Å². The van der Waals surface area contributed by atoms with Gasteiger partial charge in [0.2, 0.25) is 0 Å². The molecule has 0 aliphatic carbocycles. The van der Waals surface area contributed by atoms with E-state index < -0.39 is 13.9 Å². The van der Waals surface area contributed by atoms with Gasteiger partial charge in [0.1, 0.15) is 19.3 Å². The summed E-state index contributed by atoms with van der Waals surface area (Å²) in [5.74, 6) is -0.372. The van der Waals surface area contributed by atoms with Crippen molar-refractivity contribution in [3.63, 3.8) is 0 Å². The lowest BCUT2D eigenvalue weighted by molar-refractivity contribution is -0.870. The number of phosphoric acid groups is 1. The van der Waals surface area contributed by atoms with Crippen molar-refractivity contribution in [1.82, 2.24) is 0 Å². The lowest BCUT2D eigenvalue weighted by Gasteiger charge is -2.28. The topological polar surface area (TPSA) is 94.1 Å². The molecule has 192 valence electrons. The number of likely N-dealkylation sites (N-methyl/N-ethyl adjacent to an activating group) is 1. The maximum Gasteiger partial charge on any atom is 0.306 e. The highest BCUT2D eigenvalue weighted by atomic mass is 31.2. The predicted octanol–water partition coefficient (Wildman–Crippen LogP) is 4.45. The molecule has 0 spiro atoms. The van der Waals surface area contributed by atoms with E-state index in [0.717, 1.165) is 25.7 Å². The molecule has 2 unspecified atom stereocenters. The van der Waals surface area contributed by atoms with Gasteiger partial charge in [-0.3, -0.25) is 9.36 Å². The third-order valence-electron chi connectivity index (χ3n) is 4.91. The molecule has 0 aromatic heterocycles. The minimum absolute atomic E-state index is 0.0280. The van der Waals surface area contributed by atoms with Gasteiger partial charge < -0.3 is 27.9 Å². The van der Waals surface area contributed by atoms with Gasteiger partial charge in [0.15, 0.2) is 0 Å². The third-order valence-corrected chi connectivity index (χ3v) is 5.87. The van der Waals surface area contributed by atoms with Crippen molar-refractivity contribution in [2.75, 3.05) is 54.1 Å². The van der Waals surface area contributed by atoms with E-state index in [4.69, 9.17) is 18.5 Å². The van der Waals surface area contributed by atoms with E-state index in [2.05, 4.69) is 6.92 Å². The number of esters is 1. The number of nitrogens with zero attached hydrogens (tertiary/aromatic N) is 1. The largest absolute Gasteiger partial charge is 0.756 e. The van der Waals surface area contributed by atoms with Crippen LogP contribution in [0.4, 0.5) is 0 Å². The minimum Gasteiger partial charge on any atom is -0.756 e. The Bertz CT molecular complexity index is 511. The van der Waals surface area contributed by atoms with Crippen LogP contribution in [0.2, 0.25) is 0 Å². The summed E-state index contributed by atoms with van der Waals surface area (Å²) < 4.78 is 33.5. The summed E-state index contributed by atoms with van der Waals surface area (Å²) >= 11 is 0.